The Morgan fingerprint density at radius 3 is 2.50 bits per heavy atom. The lowest BCUT2D eigenvalue weighted by molar-refractivity contribution is -0.140. The summed E-state index contributed by atoms with van der Waals surface area (Å²) in [6.07, 6.45) is 3.30. The lowest BCUT2D eigenvalue weighted by Gasteiger charge is -2.40. The van der Waals surface area contributed by atoms with E-state index >= 15 is 0 Å². The number of hydrogen-bond acceptors (Lipinski definition) is 4. The predicted octanol–water partition coefficient (Wildman–Crippen LogP) is 1.18. The topological polar surface area (TPSA) is 47.0 Å². The molecule has 2 aliphatic heterocycles. The molecule has 1 aromatic rings. The molecule has 1 N–H and O–H groups in total. The Kier molecular flexibility index (Phi) is 6.24. The molecule has 1 aromatic carbocycles. The third-order valence-electron chi connectivity index (χ3n) is 5.23. The zero-order valence-corrected chi connectivity index (χ0v) is 14.4. The van der Waals surface area contributed by atoms with Crippen molar-refractivity contribution in [3.63, 3.8) is 0 Å². The maximum atomic E-state index is 13.0. The van der Waals surface area contributed by atoms with Crippen LogP contribution in [0.4, 0.5) is 0 Å². The van der Waals surface area contributed by atoms with Crippen LogP contribution < -0.4 is 0 Å². The largest absolute Gasteiger partial charge is 0.395 e. The SMILES string of the molecule is O=C(C1CCCCN1Cc1ccccc1)N1CCN(CCO)CC1. The van der Waals surface area contributed by atoms with Crippen LogP contribution in [0.2, 0.25) is 0 Å². The van der Waals surface area contributed by atoms with Gasteiger partial charge in [0.1, 0.15) is 0 Å². The van der Waals surface area contributed by atoms with Crippen molar-refractivity contribution in [2.75, 3.05) is 45.9 Å². The monoisotopic (exact) mass is 331 g/mol. The number of β-amino-alcohol motifs (C(OH)–C–C–N with tert-alkyl or cyclic N) is 1. The fourth-order valence-electron chi connectivity index (χ4n) is 3.82. The standard InChI is InChI=1S/C19H29N3O2/c23-15-14-20-10-12-21(13-11-20)19(24)18-8-4-5-9-22(18)16-17-6-2-1-3-7-17/h1-3,6-7,18,23H,4-5,8-16H2. The number of aliphatic hydroxyl groups excluding tert-OH is 1. The fourth-order valence-corrected chi connectivity index (χ4v) is 3.82. The van der Waals surface area contributed by atoms with Crippen LogP contribution in [-0.2, 0) is 11.3 Å². The Bertz CT molecular complexity index is 515. The average Bonchev–Trinajstić information content (AvgIpc) is 2.63. The molecule has 1 amide bonds. The number of piperazine rings is 1. The minimum absolute atomic E-state index is 0.0309. The first-order chi connectivity index (χ1) is 11.8. The molecule has 24 heavy (non-hydrogen) atoms. The van der Waals surface area contributed by atoms with Crippen LogP contribution >= 0.6 is 0 Å². The highest BCUT2D eigenvalue weighted by atomic mass is 16.3. The van der Waals surface area contributed by atoms with E-state index in [0.717, 1.165) is 52.1 Å². The van der Waals surface area contributed by atoms with E-state index < -0.39 is 0 Å². The molecule has 0 spiro atoms. The predicted molar refractivity (Wildman–Crippen MR) is 94.6 cm³/mol. The van der Waals surface area contributed by atoms with Gasteiger partial charge in [0, 0.05) is 39.3 Å². The summed E-state index contributed by atoms with van der Waals surface area (Å²) in [5.41, 5.74) is 1.28. The van der Waals surface area contributed by atoms with Crippen molar-refractivity contribution in [3.05, 3.63) is 35.9 Å². The Balaban J connectivity index is 1.59. The van der Waals surface area contributed by atoms with Gasteiger partial charge in [0.2, 0.25) is 5.91 Å². The van der Waals surface area contributed by atoms with Crippen molar-refractivity contribution in [2.45, 2.75) is 31.8 Å². The van der Waals surface area contributed by atoms with Crippen LogP contribution in [0.25, 0.3) is 0 Å². The van der Waals surface area contributed by atoms with Gasteiger partial charge in [-0.15, -0.1) is 0 Å². The second kappa shape index (κ2) is 8.60. The van der Waals surface area contributed by atoms with Gasteiger partial charge in [-0.25, -0.2) is 0 Å². The summed E-state index contributed by atoms with van der Waals surface area (Å²) in [6, 6.07) is 10.5. The summed E-state index contributed by atoms with van der Waals surface area (Å²) in [5, 5.41) is 9.04. The zero-order chi connectivity index (χ0) is 16.8. The molecule has 2 fully saturated rings. The highest BCUT2D eigenvalue weighted by molar-refractivity contribution is 5.82. The molecule has 0 bridgehead atoms. The quantitative estimate of drug-likeness (QED) is 0.880. The minimum Gasteiger partial charge on any atom is -0.395 e. The molecule has 0 aliphatic carbocycles. The third kappa shape index (κ3) is 4.35. The number of nitrogens with zero attached hydrogens (tertiary/aromatic N) is 3. The molecule has 132 valence electrons. The van der Waals surface area contributed by atoms with Gasteiger partial charge in [-0.3, -0.25) is 14.6 Å². The van der Waals surface area contributed by atoms with Gasteiger partial charge in [-0.1, -0.05) is 36.8 Å². The third-order valence-corrected chi connectivity index (χ3v) is 5.23. The summed E-state index contributed by atoms with van der Waals surface area (Å²) < 4.78 is 0. The van der Waals surface area contributed by atoms with E-state index in [0.29, 0.717) is 12.5 Å². The van der Waals surface area contributed by atoms with E-state index in [9.17, 15) is 4.79 Å². The van der Waals surface area contributed by atoms with Crippen molar-refractivity contribution in [2.24, 2.45) is 0 Å². The Labute approximate surface area is 144 Å². The highest BCUT2D eigenvalue weighted by Crippen LogP contribution is 2.22. The molecular weight excluding hydrogens is 302 g/mol. The summed E-state index contributed by atoms with van der Waals surface area (Å²) in [7, 11) is 0. The normalized spacial score (nSPS) is 23.4. The maximum absolute atomic E-state index is 13.0. The average molecular weight is 331 g/mol. The fraction of sp³-hybridized carbons (Fsp3) is 0.632. The smallest absolute Gasteiger partial charge is 0.240 e. The van der Waals surface area contributed by atoms with Gasteiger partial charge < -0.3 is 10.0 Å². The molecule has 1 atom stereocenters. The first kappa shape index (κ1) is 17.4. The van der Waals surface area contributed by atoms with Gasteiger partial charge >= 0.3 is 0 Å². The lowest BCUT2D eigenvalue weighted by atomic mass is 9.99. The van der Waals surface area contributed by atoms with Crippen LogP contribution in [0.3, 0.4) is 0 Å². The van der Waals surface area contributed by atoms with E-state index in [1.807, 2.05) is 11.0 Å². The number of piperidine rings is 1. The summed E-state index contributed by atoms with van der Waals surface area (Å²) in [4.78, 5) is 19.7. The van der Waals surface area contributed by atoms with Gasteiger partial charge in [0.15, 0.2) is 0 Å². The summed E-state index contributed by atoms with van der Waals surface area (Å²) in [5.74, 6) is 0.300. The van der Waals surface area contributed by atoms with Crippen molar-refractivity contribution >= 4 is 5.91 Å². The lowest BCUT2D eigenvalue weighted by Crippen LogP contribution is -2.56. The van der Waals surface area contributed by atoms with E-state index in [4.69, 9.17) is 5.11 Å². The molecule has 0 aromatic heterocycles. The second-order valence-electron chi connectivity index (χ2n) is 6.86. The van der Waals surface area contributed by atoms with E-state index in [1.54, 1.807) is 0 Å². The summed E-state index contributed by atoms with van der Waals surface area (Å²) >= 11 is 0. The first-order valence-corrected chi connectivity index (χ1v) is 9.18. The number of aliphatic hydroxyl groups is 1. The first-order valence-electron chi connectivity index (χ1n) is 9.18. The zero-order valence-electron chi connectivity index (χ0n) is 14.4. The van der Waals surface area contributed by atoms with Gasteiger partial charge in [0.25, 0.3) is 0 Å². The van der Waals surface area contributed by atoms with Gasteiger partial charge in [-0.05, 0) is 24.9 Å². The molecule has 1 unspecified atom stereocenters. The molecule has 2 heterocycles. The number of amides is 1. The molecule has 5 nitrogen and oxygen atoms in total. The highest BCUT2D eigenvalue weighted by Gasteiger charge is 2.33. The van der Waals surface area contributed by atoms with Crippen LogP contribution in [0.1, 0.15) is 24.8 Å². The second-order valence-corrected chi connectivity index (χ2v) is 6.86. The van der Waals surface area contributed by atoms with Crippen LogP contribution in [-0.4, -0.2) is 77.6 Å². The van der Waals surface area contributed by atoms with E-state index in [-0.39, 0.29) is 12.6 Å². The number of benzene rings is 1. The number of rotatable bonds is 5. The maximum Gasteiger partial charge on any atom is 0.240 e. The Morgan fingerprint density at radius 2 is 1.79 bits per heavy atom. The van der Waals surface area contributed by atoms with E-state index in [1.165, 1.54) is 12.0 Å². The molecule has 2 saturated heterocycles. The van der Waals surface area contributed by atoms with Crippen molar-refractivity contribution in [1.29, 1.82) is 0 Å². The van der Waals surface area contributed by atoms with Crippen molar-refractivity contribution in [1.82, 2.24) is 14.7 Å². The van der Waals surface area contributed by atoms with Crippen molar-refractivity contribution < 1.29 is 9.90 Å². The van der Waals surface area contributed by atoms with Crippen LogP contribution in [0, 0.1) is 0 Å². The van der Waals surface area contributed by atoms with Crippen LogP contribution in [0.15, 0.2) is 30.3 Å². The number of carbonyl (C=O) groups excluding carboxylic acids is 1. The number of likely N-dealkylation sites (tertiary alicyclic amines) is 1. The molecule has 5 heteroatoms. The number of hydrogen-bond donors (Lipinski definition) is 1. The molecular formula is C19H29N3O2. The molecule has 2 aliphatic rings. The summed E-state index contributed by atoms with van der Waals surface area (Å²) in [6.45, 7) is 6.10. The molecule has 3 rings (SSSR count). The van der Waals surface area contributed by atoms with Gasteiger partial charge in [-0.2, -0.15) is 0 Å². The van der Waals surface area contributed by atoms with Crippen LogP contribution in [0.5, 0.6) is 0 Å². The van der Waals surface area contributed by atoms with E-state index in [2.05, 4.69) is 34.1 Å². The minimum atomic E-state index is 0.0309. The van der Waals surface area contributed by atoms with Crippen molar-refractivity contribution in [3.8, 4) is 0 Å². The molecule has 0 radical (unpaired) electrons. The van der Waals surface area contributed by atoms with Gasteiger partial charge in [0.05, 0.1) is 12.6 Å². The Morgan fingerprint density at radius 1 is 1.04 bits per heavy atom. The number of carbonyl (C=O) groups is 1. The Hall–Kier alpha value is -1.43. The molecule has 0 saturated carbocycles.